The summed E-state index contributed by atoms with van der Waals surface area (Å²) in [5.41, 5.74) is 6.86. The number of nitrogens with zero attached hydrogens (tertiary/aromatic N) is 2. The van der Waals surface area contributed by atoms with Crippen molar-refractivity contribution in [2.24, 2.45) is 11.8 Å². The molecule has 0 radical (unpaired) electrons. The zero-order valence-corrected chi connectivity index (χ0v) is 18.7. The molecule has 31 heavy (non-hydrogen) atoms. The summed E-state index contributed by atoms with van der Waals surface area (Å²) in [5, 5.41) is 29.1. The van der Waals surface area contributed by atoms with E-state index in [2.05, 4.69) is 12.1 Å². The summed E-state index contributed by atoms with van der Waals surface area (Å²) in [6.45, 7) is 6.13. The number of rotatable bonds is 8. The number of ketones is 1. The van der Waals surface area contributed by atoms with Gasteiger partial charge in [0.15, 0.2) is 0 Å². The van der Waals surface area contributed by atoms with Crippen molar-refractivity contribution in [2.75, 3.05) is 6.61 Å². The number of pyridine rings is 1. The Hall–Kier alpha value is -2.55. The lowest BCUT2D eigenvalue weighted by molar-refractivity contribution is -0.121. The topological polar surface area (TPSA) is 94.2 Å². The molecule has 0 bridgehead atoms. The first-order valence-electron chi connectivity index (χ1n) is 11.2. The monoisotopic (exact) mass is 420 g/mol. The van der Waals surface area contributed by atoms with Crippen molar-refractivity contribution in [3.8, 4) is 6.07 Å². The number of aliphatic hydroxyl groups is 2. The number of hydrogen-bond donors (Lipinski definition) is 2. The molecule has 2 N–H and O–H groups in total. The third-order valence-corrected chi connectivity index (χ3v) is 6.66. The first-order valence-corrected chi connectivity index (χ1v) is 11.2. The maximum atomic E-state index is 12.7. The molecule has 1 aliphatic carbocycles. The van der Waals surface area contributed by atoms with Gasteiger partial charge in [0.25, 0.3) is 0 Å². The maximum absolute atomic E-state index is 12.7. The number of benzene rings is 1. The van der Waals surface area contributed by atoms with Gasteiger partial charge in [-0.3, -0.25) is 9.78 Å². The molecule has 1 unspecified atom stereocenters. The average molecular weight is 421 g/mol. The summed E-state index contributed by atoms with van der Waals surface area (Å²) in [4.78, 5) is 17.3. The number of carbonyl (C=O) groups is 1. The Kier molecular flexibility index (Phi) is 7.59. The van der Waals surface area contributed by atoms with Crippen molar-refractivity contribution in [3.05, 3.63) is 63.5 Å². The summed E-state index contributed by atoms with van der Waals surface area (Å²) in [7, 11) is 0. The number of aromatic nitrogens is 1. The molecule has 5 nitrogen and oxygen atoms in total. The van der Waals surface area contributed by atoms with Gasteiger partial charge in [-0.25, -0.2) is 0 Å². The first-order chi connectivity index (χ1) is 14.9. The molecule has 1 heterocycles. The van der Waals surface area contributed by atoms with E-state index in [0.29, 0.717) is 31.2 Å². The zero-order valence-electron chi connectivity index (χ0n) is 18.7. The SMILES string of the molecule is CCc1cc(C[C@H]2C(O)CC(=O)[C@@H]2CCc2cc(C)c(CCO)c(C)n2)ccc1C#N. The molecule has 2 aromatic rings. The molecular weight excluding hydrogens is 388 g/mol. The van der Waals surface area contributed by atoms with E-state index in [-0.39, 0.29) is 30.6 Å². The van der Waals surface area contributed by atoms with Crippen LogP contribution >= 0.6 is 0 Å². The van der Waals surface area contributed by atoms with Gasteiger partial charge in [0.05, 0.1) is 17.7 Å². The van der Waals surface area contributed by atoms with Crippen LogP contribution in [0.5, 0.6) is 0 Å². The van der Waals surface area contributed by atoms with E-state index < -0.39 is 6.10 Å². The number of aliphatic hydroxyl groups excluding tert-OH is 2. The lowest BCUT2D eigenvalue weighted by Crippen LogP contribution is -2.24. The fourth-order valence-electron chi connectivity index (χ4n) is 4.98. The van der Waals surface area contributed by atoms with Crippen LogP contribution in [-0.2, 0) is 30.5 Å². The second-order valence-corrected chi connectivity index (χ2v) is 8.68. The number of aryl methyl sites for hydroxylation is 4. The second-order valence-electron chi connectivity index (χ2n) is 8.68. The zero-order chi connectivity index (χ0) is 22.5. The minimum absolute atomic E-state index is 0.105. The van der Waals surface area contributed by atoms with Crippen molar-refractivity contribution in [1.82, 2.24) is 4.98 Å². The molecule has 5 heteroatoms. The van der Waals surface area contributed by atoms with E-state index in [1.54, 1.807) is 0 Å². The highest BCUT2D eigenvalue weighted by Gasteiger charge is 2.41. The third kappa shape index (κ3) is 5.20. The molecule has 0 saturated heterocycles. The standard InChI is InChI=1S/C26H32N2O3/c1-4-19-12-18(5-6-20(19)15-27)13-24-23(25(30)14-26(24)31)8-7-21-11-16(2)22(9-10-29)17(3)28-21/h5-6,11-12,23-24,26,29,31H,4,7-10,13-14H2,1-3H3/t23-,24-,26?/m1/s1. The van der Waals surface area contributed by atoms with Crippen molar-refractivity contribution in [3.63, 3.8) is 0 Å². The van der Waals surface area contributed by atoms with Gasteiger partial charge in [0, 0.05) is 30.3 Å². The van der Waals surface area contributed by atoms with Gasteiger partial charge < -0.3 is 10.2 Å². The van der Waals surface area contributed by atoms with Gasteiger partial charge >= 0.3 is 0 Å². The Morgan fingerprint density at radius 3 is 2.65 bits per heavy atom. The Bertz CT molecular complexity index is 970. The van der Waals surface area contributed by atoms with E-state index in [0.717, 1.165) is 40.1 Å². The Labute approximate surface area is 184 Å². The summed E-state index contributed by atoms with van der Waals surface area (Å²) in [6.07, 6.45) is 2.97. The van der Waals surface area contributed by atoms with E-state index in [1.165, 1.54) is 0 Å². The predicted octanol–water partition coefficient (Wildman–Crippen LogP) is 3.41. The molecule has 1 aromatic carbocycles. The van der Waals surface area contributed by atoms with Crippen LogP contribution in [0.1, 0.15) is 59.0 Å². The molecule has 3 rings (SSSR count). The number of Topliss-reactive ketones (excluding diaryl/α,β-unsaturated/α-hetero) is 1. The van der Waals surface area contributed by atoms with Crippen LogP contribution in [0.15, 0.2) is 24.3 Å². The molecule has 1 fully saturated rings. The normalized spacial score (nSPS) is 20.8. The van der Waals surface area contributed by atoms with Crippen molar-refractivity contribution in [1.29, 1.82) is 5.26 Å². The largest absolute Gasteiger partial charge is 0.396 e. The van der Waals surface area contributed by atoms with E-state index in [1.807, 2.05) is 39.0 Å². The second kappa shape index (κ2) is 10.2. The Balaban J connectivity index is 1.74. The minimum Gasteiger partial charge on any atom is -0.396 e. The first kappa shape index (κ1) is 23.1. The lowest BCUT2D eigenvalue weighted by atomic mass is 9.84. The molecular formula is C26H32N2O3. The Morgan fingerprint density at radius 2 is 2.00 bits per heavy atom. The molecule has 1 saturated carbocycles. The van der Waals surface area contributed by atoms with Gasteiger partial charge in [0.1, 0.15) is 5.78 Å². The molecule has 1 aliphatic rings. The van der Waals surface area contributed by atoms with Gasteiger partial charge in [-0.2, -0.15) is 5.26 Å². The fraction of sp³-hybridized carbons (Fsp3) is 0.500. The van der Waals surface area contributed by atoms with Crippen molar-refractivity contribution in [2.45, 2.75) is 65.4 Å². The highest BCUT2D eigenvalue weighted by atomic mass is 16.3. The van der Waals surface area contributed by atoms with Crippen LogP contribution in [0.4, 0.5) is 0 Å². The number of carbonyl (C=O) groups excluding carboxylic acids is 1. The van der Waals surface area contributed by atoms with E-state index in [9.17, 15) is 20.3 Å². The van der Waals surface area contributed by atoms with Gasteiger partial charge in [-0.05, 0) is 86.3 Å². The van der Waals surface area contributed by atoms with Gasteiger partial charge in [0.2, 0.25) is 0 Å². The minimum atomic E-state index is -0.624. The molecule has 0 spiro atoms. The molecule has 1 aromatic heterocycles. The molecule has 0 aliphatic heterocycles. The Morgan fingerprint density at radius 1 is 1.23 bits per heavy atom. The van der Waals surface area contributed by atoms with Crippen molar-refractivity contribution < 1.29 is 15.0 Å². The predicted molar refractivity (Wildman–Crippen MR) is 120 cm³/mol. The molecule has 3 atom stereocenters. The fourth-order valence-corrected chi connectivity index (χ4v) is 4.98. The third-order valence-electron chi connectivity index (χ3n) is 6.66. The lowest BCUT2D eigenvalue weighted by Gasteiger charge is -2.22. The van der Waals surface area contributed by atoms with Gasteiger partial charge in [-0.15, -0.1) is 0 Å². The summed E-state index contributed by atoms with van der Waals surface area (Å²) >= 11 is 0. The van der Waals surface area contributed by atoms with E-state index >= 15 is 0 Å². The number of nitriles is 1. The summed E-state index contributed by atoms with van der Waals surface area (Å²) in [5.74, 6) is -0.163. The maximum Gasteiger partial charge on any atom is 0.138 e. The number of hydrogen-bond acceptors (Lipinski definition) is 5. The summed E-state index contributed by atoms with van der Waals surface area (Å²) < 4.78 is 0. The van der Waals surface area contributed by atoms with Crippen LogP contribution < -0.4 is 0 Å². The highest BCUT2D eigenvalue weighted by molar-refractivity contribution is 5.84. The highest BCUT2D eigenvalue weighted by Crippen LogP contribution is 2.35. The van der Waals surface area contributed by atoms with Crippen LogP contribution in [0, 0.1) is 37.0 Å². The smallest absolute Gasteiger partial charge is 0.138 e. The molecule has 0 amide bonds. The van der Waals surface area contributed by atoms with Crippen LogP contribution in [0.3, 0.4) is 0 Å². The molecule has 164 valence electrons. The van der Waals surface area contributed by atoms with E-state index in [4.69, 9.17) is 4.98 Å². The average Bonchev–Trinajstić information content (AvgIpc) is 3.01. The quantitative estimate of drug-likeness (QED) is 0.682. The van der Waals surface area contributed by atoms with Crippen LogP contribution in [0.25, 0.3) is 0 Å². The van der Waals surface area contributed by atoms with Crippen LogP contribution in [0.2, 0.25) is 0 Å². The van der Waals surface area contributed by atoms with Crippen molar-refractivity contribution >= 4 is 5.78 Å². The van der Waals surface area contributed by atoms with Gasteiger partial charge in [-0.1, -0.05) is 19.1 Å². The van der Waals surface area contributed by atoms with Crippen LogP contribution in [-0.4, -0.2) is 33.7 Å². The summed E-state index contributed by atoms with van der Waals surface area (Å²) in [6, 6.07) is 10.1.